The average molecular weight is 332 g/mol. The van der Waals surface area contributed by atoms with E-state index in [0.717, 1.165) is 22.3 Å². The van der Waals surface area contributed by atoms with Gasteiger partial charge in [0.05, 0.1) is 17.5 Å². The number of thioether (sulfide) groups is 1. The maximum Gasteiger partial charge on any atom is 0.309 e. The van der Waals surface area contributed by atoms with Crippen LogP contribution in [0.15, 0.2) is 29.2 Å². The van der Waals surface area contributed by atoms with Crippen LogP contribution >= 0.6 is 11.8 Å². The Balaban J connectivity index is 1.91. The number of fused-ring (bicyclic) bond motifs is 1. The van der Waals surface area contributed by atoms with E-state index in [2.05, 4.69) is 19.1 Å². The Kier molecular flexibility index (Phi) is 4.46. The molecule has 1 aliphatic rings. The van der Waals surface area contributed by atoms with E-state index in [1.807, 2.05) is 23.3 Å². The average Bonchev–Trinajstić information content (AvgIpc) is 2.54. The molecular formula is C17H20N2O3S. The number of carboxylic acid groups (broad SMARTS) is 1. The van der Waals surface area contributed by atoms with Gasteiger partial charge >= 0.3 is 5.97 Å². The fourth-order valence-corrected chi connectivity index (χ4v) is 3.51. The van der Waals surface area contributed by atoms with E-state index in [1.54, 1.807) is 11.8 Å². The molecular weight excluding hydrogens is 312 g/mol. The quantitative estimate of drug-likeness (QED) is 0.842. The molecule has 23 heavy (non-hydrogen) atoms. The van der Waals surface area contributed by atoms with Gasteiger partial charge in [0.15, 0.2) is 0 Å². The highest BCUT2D eigenvalue weighted by Crippen LogP contribution is 2.28. The molecule has 1 aromatic heterocycles. The second-order valence-corrected chi connectivity index (χ2v) is 6.81. The molecule has 2 atom stereocenters. The van der Waals surface area contributed by atoms with Crippen LogP contribution < -0.4 is 4.90 Å². The van der Waals surface area contributed by atoms with E-state index in [4.69, 9.17) is 10.1 Å². The number of hydrogen-bond acceptors (Lipinski definition) is 5. The van der Waals surface area contributed by atoms with Crippen LogP contribution in [-0.2, 0) is 4.79 Å². The number of nitrogens with zero attached hydrogens (tertiary/aromatic N) is 2. The topological polar surface area (TPSA) is 73.7 Å². The summed E-state index contributed by atoms with van der Waals surface area (Å²) in [5.74, 6) is -0.809. The highest BCUT2D eigenvalue weighted by molar-refractivity contribution is 7.98. The summed E-state index contributed by atoms with van der Waals surface area (Å²) in [4.78, 5) is 19.0. The lowest BCUT2D eigenvalue weighted by molar-refractivity contribution is -0.146. The van der Waals surface area contributed by atoms with Crippen LogP contribution in [0.25, 0.3) is 10.9 Å². The van der Waals surface area contributed by atoms with E-state index in [1.165, 1.54) is 4.90 Å². The van der Waals surface area contributed by atoms with Crippen LogP contribution in [0.1, 0.15) is 12.0 Å². The summed E-state index contributed by atoms with van der Waals surface area (Å²) in [5.41, 5.74) is 2.06. The molecule has 0 bridgehead atoms. The van der Waals surface area contributed by atoms with Gasteiger partial charge in [-0.25, -0.2) is 4.98 Å². The molecule has 1 saturated heterocycles. The van der Waals surface area contributed by atoms with E-state index < -0.39 is 18.0 Å². The molecule has 0 saturated carbocycles. The third-order valence-electron chi connectivity index (χ3n) is 4.43. The lowest BCUT2D eigenvalue weighted by Crippen LogP contribution is -2.46. The van der Waals surface area contributed by atoms with Gasteiger partial charge in [0.1, 0.15) is 5.82 Å². The number of aromatic nitrogens is 1. The van der Waals surface area contributed by atoms with E-state index in [0.29, 0.717) is 19.5 Å². The van der Waals surface area contributed by atoms with Gasteiger partial charge in [-0.1, -0.05) is 0 Å². The number of aliphatic hydroxyl groups excluding tert-OH is 1. The zero-order chi connectivity index (χ0) is 16.6. The zero-order valence-electron chi connectivity index (χ0n) is 13.2. The summed E-state index contributed by atoms with van der Waals surface area (Å²) < 4.78 is 0. The highest BCUT2D eigenvalue weighted by atomic mass is 32.2. The molecule has 1 aliphatic heterocycles. The number of carbonyl (C=O) groups is 1. The highest BCUT2D eigenvalue weighted by Gasteiger charge is 2.33. The SMILES string of the molecule is CSc1ccc2nc(N3CC[C@H](C(=O)O)[C@H](O)C3)cc(C)c2c1. The number of pyridine rings is 1. The Hall–Kier alpha value is -1.79. The van der Waals surface area contributed by atoms with Crippen molar-refractivity contribution in [2.24, 2.45) is 5.92 Å². The van der Waals surface area contributed by atoms with Gasteiger partial charge < -0.3 is 15.1 Å². The molecule has 2 N–H and O–H groups in total. The second kappa shape index (κ2) is 6.37. The van der Waals surface area contributed by atoms with Crippen molar-refractivity contribution in [2.45, 2.75) is 24.3 Å². The Morgan fingerprint density at radius 3 is 2.83 bits per heavy atom. The van der Waals surface area contributed by atoms with Gasteiger partial charge in [0.25, 0.3) is 0 Å². The second-order valence-electron chi connectivity index (χ2n) is 5.93. The zero-order valence-corrected chi connectivity index (χ0v) is 14.0. The number of aryl methyl sites for hydroxylation is 1. The van der Waals surface area contributed by atoms with E-state index in [9.17, 15) is 9.90 Å². The molecule has 1 aromatic carbocycles. The molecule has 0 unspecified atom stereocenters. The van der Waals surface area contributed by atoms with Crippen molar-refractivity contribution < 1.29 is 15.0 Å². The minimum Gasteiger partial charge on any atom is -0.481 e. The molecule has 5 nitrogen and oxygen atoms in total. The summed E-state index contributed by atoms with van der Waals surface area (Å²) in [6.45, 7) is 2.95. The molecule has 2 aromatic rings. The largest absolute Gasteiger partial charge is 0.481 e. The molecule has 0 amide bonds. The monoisotopic (exact) mass is 332 g/mol. The van der Waals surface area contributed by atoms with Crippen molar-refractivity contribution in [1.82, 2.24) is 4.98 Å². The summed E-state index contributed by atoms with van der Waals surface area (Å²) >= 11 is 1.70. The third kappa shape index (κ3) is 3.14. The van der Waals surface area contributed by atoms with Crippen molar-refractivity contribution in [3.8, 4) is 0 Å². The van der Waals surface area contributed by atoms with E-state index in [-0.39, 0.29) is 0 Å². The van der Waals surface area contributed by atoms with Crippen LogP contribution in [0.5, 0.6) is 0 Å². The van der Waals surface area contributed by atoms with Crippen molar-refractivity contribution in [3.05, 3.63) is 29.8 Å². The first-order valence-electron chi connectivity index (χ1n) is 7.61. The number of aliphatic hydroxyl groups is 1. The number of hydrogen-bond donors (Lipinski definition) is 2. The fraction of sp³-hybridized carbons (Fsp3) is 0.412. The first-order valence-corrected chi connectivity index (χ1v) is 8.83. The number of β-amino-alcohol motifs (C(OH)–C–C–N with tert-alkyl or cyclic N) is 1. The number of aliphatic carboxylic acids is 1. The molecule has 3 rings (SSSR count). The summed E-state index contributed by atoms with van der Waals surface area (Å²) in [5, 5.41) is 20.3. The standard InChI is InChI=1S/C17H20N2O3S/c1-10-7-16(18-14-4-3-11(23-2)8-13(10)14)19-6-5-12(17(21)22)15(20)9-19/h3-4,7-8,12,15,20H,5-6,9H2,1-2H3,(H,21,22)/t12-,15+/m0/s1. The summed E-state index contributed by atoms with van der Waals surface area (Å²) in [6.07, 6.45) is 1.62. The maximum atomic E-state index is 11.1. The molecule has 0 spiro atoms. The van der Waals surface area contributed by atoms with Gasteiger partial charge in [0.2, 0.25) is 0 Å². The normalized spacial score (nSPS) is 21.6. The lowest BCUT2D eigenvalue weighted by Gasteiger charge is -2.35. The lowest BCUT2D eigenvalue weighted by atomic mass is 9.94. The van der Waals surface area contributed by atoms with Gasteiger partial charge in [-0.2, -0.15) is 0 Å². The molecule has 1 fully saturated rings. The third-order valence-corrected chi connectivity index (χ3v) is 5.16. The van der Waals surface area contributed by atoms with Crippen molar-refractivity contribution in [2.75, 3.05) is 24.2 Å². The number of carboxylic acids is 1. The predicted octanol–water partition coefficient (Wildman–Crippen LogP) is 2.54. The Morgan fingerprint density at radius 2 is 2.17 bits per heavy atom. The van der Waals surface area contributed by atoms with Crippen LogP contribution in [0.3, 0.4) is 0 Å². The van der Waals surface area contributed by atoms with Gasteiger partial charge in [-0.05, 0) is 49.4 Å². The number of rotatable bonds is 3. The minimum atomic E-state index is -0.926. The van der Waals surface area contributed by atoms with Crippen LogP contribution in [0.4, 0.5) is 5.82 Å². The van der Waals surface area contributed by atoms with Gasteiger partial charge in [0, 0.05) is 23.4 Å². The van der Waals surface area contributed by atoms with Gasteiger partial charge in [-0.15, -0.1) is 11.8 Å². The Labute approximate surface area is 139 Å². The maximum absolute atomic E-state index is 11.1. The fourth-order valence-electron chi connectivity index (χ4n) is 3.07. The van der Waals surface area contributed by atoms with E-state index >= 15 is 0 Å². The molecule has 0 radical (unpaired) electrons. The first kappa shape index (κ1) is 16.1. The molecule has 122 valence electrons. The Morgan fingerprint density at radius 1 is 1.39 bits per heavy atom. The van der Waals surface area contributed by atoms with Crippen LogP contribution in [0, 0.1) is 12.8 Å². The first-order chi connectivity index (χ1) is 11.0. The number of benzene rings is 1. The molecule has 0 aliphatic carbocycles. The van der Waals surface area contributed by atoms with Crippen molar-refractivity contribution >= 4 is 34.5 Å². The minimum absolute atomic E-state index is 0.303. The van der Waals surface area contributed by atoms with Crippen molar-refractivity contribution in [1.29, 1.82) is 0 Å². The number of piperidine rings is 1. The smallest absolute Gasteiger partial charge is 0.309 e. The van der Waals surface area contributed by atoms with Crippen LogP contribution in [0.2, 0.25) is 0 Å². The van der Waals surface area contributed by atoms with Crippen molar-refractivity contribution in [3.63, 3.8) is 0 Å². The molecule has 6 heteroatoms. The number of anilines is 1. The van der Waals surface area contributed by atoms with Gasteiger partial charge in [-0.3, -0.25) is 4.79 Å². The summed E-state index contributed by atoms with van der Waals surface area (Å²) in [7, 11) is 0. The summed E-state index contributed by atoms with van der Waals surface area (Å²) in [6, 6.07) is 8.21. The predicted molar refractivity (Wildman–Crippen MR) is 92.2 cm³/mol. The molecule has 2 heterocycles. The van der Waals surface area contributed by atoms with Crippen LogP contribution in [-0.4, -0.2) is 46.6 Å². The Bertz CT molecular complexity index is 750.